The molecule has 0 atom stereocenters. The van der Waals surface area contributed by atoms with Gasteiger partial charge in [0.15, 0.2) is 0 Å². The molecule has 0 spiro atoms. The highest BCUT2D eigenvalue weighted by Crippen LogP contribution is 2.26. The third kappa shape index (κ3) is 1.75. The molecule has 13 heavy (non-hydrogen) atoms. The van der Waals surface area contributed by atoms with E-state index in [9.17, 15) is 0 Å². The molecule has 0 unspecified atom stereocenters. The summed E-state index contributed by atoms with van der Waals surface area (Å²) in [6.07, 6.45) is 0.915. The molecule has 1 aromatic heterocycles. The number of thiazole rings is 1. The first-order valence-corrected chi connectivity index (χ1v) is 5.70. The maximum absolute atomic E-state index is 5.54. The summed E-state index contributed by atoms with van der Waals surface area (Å²) >= 11 is 5.14. The Hall–Kier alpha value is -0.450. The Morgan fingerprint density at radius 1 is 1.46 bits per heavy atom. The number of hydrogen-bond acceptors (Lipinski definition) is 3. The average Bonchev–Trinajstić information content (AvgIpc) is 2.52. The van der Waals surface area contributed by atoms with Gasteiger partial charge < -0.3 is 5.73 Å². The minimum absolute atomic E-state index is 0.684. The van der Waals surface area contributed by atoms with E-state index in [1.807, 2.05) is 11.6 Å². The van der Waals surface area contributed by atoms with Crippen LogP contribution in [0.4, 0.5) is 0 Å². The molecule has 0 bridgehead atoms. The van der Waals surface area contributed by atoms with Crippen LogP contribution in [0.2, 0.25) is 0 Å². The molecule has 0 fully saturated rings. The number of benzene rings is 1. The number of fused-ring (bicyclic) bond motifs is 1. The van der Waals surface area contributed by atoms with E-state index < -0.39 is 0 Å². The molecule has 0 aliphatic rings. The molecule has 1 aromatic carbocycles. The van der Waals surface area contributed by atoms with Crippen LogP contribution in [0.15, 0.2) is 22.1 Å². The highest BCUT2D eigenvalue weighted by Gasteiger charge is 2.04. The number of rotatable bonds is 2. The molecular weight excluding hydrogens is 248 g/mol. The van der Waals surface area contributed by atoms with Gasteiger partial charge in [-0.05, 0) is 30.7 Å². The van der Waals surface area contributed by atoms with Crippen molar-refractivity contribution in [1.29, 1.82) is 0 Å². The van der Waals surface area contributed by atoms with Crippen LogP contribution >= 0.6 is 27.3 Å². The van der Waals surface area contributed by atoms with Crippen molar-refractivity contribution in [2.45, 2.75) is 6.42 Å². The lowest BCUT2D eigenvalue weighted by Crippen LogP contribution is -2.02. The second-order valence-corrected chi connectivity index (χ2v) is 4.57. The molecule has 0 amide bonds. The summed E-state index contributed by atoms with van der Waals surface area (Å²) in [4.78, 5) is 4.27. The zero-order valence-corrected chi connectivity index (χ0v) is 9.36. The molecule has 2 rings (SSSR count). The maximum Gasteiger partial charge on any atom is 0.0826 e. The van der Waals surface area contributed by atoms with E-state index in [-0.39, 0.29) is 0 Å². The topological polar surface area (TPSA) is 38.9 Å². The predicted molar refractivity (Wildman–Crippen MR) is 60.1 cm³/mol. The Kier molecular flexibility index (Phi) is 2.62. The minimum Gasteiger partial charge on any atom is -0.330 e. The minimum atomic E-state index is 0.684. The van der Waals surface area contributed by atoms with Crippen LogP contribution in [0.1, 0.15) is 5.56 Å². The summed E-state index contributed by atoms with van der Waals surface area (Å²) in [7, 11) is 0. The number of nitrogens with two attached hydrogens (primary N) is 1. The van der Waals surface area contributed by atoms with E-state index >= 15 is 0 Å². The van der Waals surface area contributed by atoms with Crippen molar-refractivity contribution in [3.05, 3.63) is 27.7 Å². The molecule has 0 saturated carbocycles. The fourth-order valence-electron chi connectivity index (χ4n) is 1.34. The number of halogens is 1. The number of nitrogens with zero attached hydrogens (tertiary/aromatic N) is 1. The van der Waals surface area contributed by atoms with Gasteiger partial charge in [-0.25, -0.2) is 4.98 Å². The van der Waals surface area contributed by atoms with Gasteiger partial charge in [-0.15, -0.1) is 11.3 Å². The van der Waals surface area contributed by atoms with Crippen molar-refractivity contribution in [2.75, 3.05) is 6.54 Å². The van der Waals surface area contributed by atoms with Gasteiger partial charge in [-0.3, -0.25) is 0 Å². The quantitative estimate of drug-likeness (QED) is 0.897. The van der Waals surface area contributed by atoms with Crippen molar-refractivity contribution in [3.8, 4) is 0 Å². The van der Waals surface area contributed by atoms with Crippen LogP contribution in [0, 0.1) is 0 Å². The van der Waals surface area contributed by atoms with Crippen LogP contribution in [-0.4, -0.2) is 11.5 Å². The summed E-state index contributed by atoms with van der Waals surface area (Å²) in [5.74, 6) is 0. The van der Waals surface area contributed by atoms with Crippen molar-refractivity contribution in [1.82, 2.24) is 4.98 Å². The van der Waals surface area contributed by atoms with Crippen LogP contribution in [0.3, 0.4) is 0 Å². The van der Waals surface area contributed by atoms with E-state index in [4.69, 9.17) is 5.73 Å². The molecular formula is C9H9BrN2S. The zero-order chi connectivity index (χ0) is 9.26. The second-order valence-electron chi connectivity index (χ2n) is 2.80. The van der Waals surface area contributed by atoms with Crippen LogP contribution in [-0.2, 0) is 6.42 Å². The normalized spacial score (nSPS) is 10.9. The summed E-state index contributed by atoms with van der Waals surface area (Å²) < 4.78 is 2.34. The predicted octanol–water partition coefficient (Wildman–Crippen LogP) is 2.56. The average molecular weight is 257 g/mol. The van der Waals surface area contributed by atoms with Gasteiger partial charge >= 0.3 is 0 Å². The lowest BCUT2D eigenvalue weighted by Gasteiger charge is -2.00. The van der Waals surface area contributed by atoms with Crippen LogP contribution in [0.5, 0.6) is 0 Å². The third-order valence-electron chi connectivity index (χ3n) is 1.89. The fraction of sp³-hybridized carbons (Fsp3) is 0.222. The smallest absolute Gasteiger partial charge is 0.0826 e. The summed E-state index contributed by atoms with van der Waals surface area (Å²) in [5, 5.41) is 0. The van der Waals surface area contributed by atoms with Crippen molar-refractivity contribution in [3.63, 3.8) is 0 Å². The van der Waals surface area contributed by atoms with E-state index in [1.54, 1.807) is 11.3 Å². The lowest BCUT2D eigenvalue weighted by molar-refractivity contribution is 0.978. The van der Waals surface area contributed by atoms with Crippen molar-refractivity contribution >= 4 is 37.5 Å². The zero-order valence-electron chi connectivity index (χ0n) is 6.96. The molecule has 0 saturated heterocycles. The van der Waals surface area contributed by atoms with Gasteiger partial charge in [-0.1, -0.05) is 15.9 Å². The number of hydrogen-bond donors (Lipinski definition) is 1. The van der Waals surface area contributed by atoms with Gasteiger partial charge in [0.25, 0.3) is 0 Å². The van der Waals surface area contributed by atoms with Crippen LogP contribution < -0.4 is 5.73 Å². The Labute approximate surface area is 88.9 Å². The van der Waals surface area contributed by atoms with Gasteiger partial charge in [0, 0.05) is 4.47 Å². The van der Waals surface area contributed by atoms with Crippen molar-refractivity contribution in [2.24, 2.45) is 5.73 Å². The first kappa shape index (κ1) is 9.12. The van der Waals surface area contributed by atoms with E-state index in [2.05, 4.69) is 27.0 Å². The molecule has 2 nitrogen and oxygen atoms in total. The first-order chi connectivity index (χ1) is 6.31. The standard InChI is InChI=1S/C9H9BrN2S/c10-7-3-6(1-2-11)9-8(4-7)12-5-13-9/h3-5H,1-2,11H2. The fourth-order valence-corrected chi connectivity index (χ4v) is 2.65. The van der Waals surface area contributed by atoms with Crippen molar-refractivity contribution < 1.29 is 0 Å². The molecule has 2 aromatic rings. The Bertz CT molecular complexity index is 424. The highest BCUT2D eigenvalue weighted by molar-refractivity contribution is 9.10. The van der Waals surface area contributed by atoms with Gasteiger partial charge in [-0.2, -0.15) is 0 Å². The molecule has 4 heteroatoms. The summed E-state index contributed by atoms with van der Waals surface area (Å²) in [6.45, 7) is 0.684. The summed E-state index contributed by atoms with van der Waals surface area (Å²) in [5.41, 5.74) is 9.76. The van der Waals surface area contributed by atoms with Gasteiger partial charge in [0.05, 0.1) is 15.7 Å². The third-order valence-corrected chi connectivity index (χ3v) is 3.26. The largest absolute Gasteiger partial charge is 0.330 e. The van der Waals surface area contributed by atoms with E-state index in [1.165, 1.54) is 10.3 Å². The van der Waals surface area contributed by atoms with E-state index in [0.717, 1.165) is 16.4 Å². The Morgan fingerprint density at radius 3 is 3.08 bits per heavy atom. The van der Waals surface area contributed by atoms with Gasteiger partial charge in [0.2, 0.25) is 0 Å². The van der Waals surface area contributed by atoms with E-state index in [0.29, 0.717) is 6.54 Å². The Balaban J connectivity index is 2.63. The molecule has 2 N–H and O–H groups in total. The Morgan fingerprint density at radius 2 is 2.31 bits per heavy atom. The lowest BCUT2D eigenvalue weighted by atomic mass is 10.1. The van der Waals surface area contributed by atoms with Gasteiger partial charge in [0.1, 0.15) is 0 Å². The molecule has 0 aliphatic heterocycles. The molecule has 1 heterocycles. The molecule has 0 radical (unpaired) electrons. The molecule has 68 valence electrons. The number of aromatic nitrogens is 1. The maximum atomic E-state index is 5.54. The monoisotopic (exact) mass is 256 g/mol. The molecule has 0 aliphatic carbocycles. The SMILES string of the molecule is NCCc1cc(Br)cc2ncsc12. The highest BCUT2D eigenvalue weighted by atomic mass is 79.9. The first-order valence-electron chi connectivity index (χ1n) is 4.03. The summed E-state index contributed by atoms with van der Waals surface area (Å²) in [6, 6.07) is 4.15. The van der Waals surface area contributed by atoms with Crippen LogP contribution in [0.25, 0.3) is 10.2 Å². The second kappa shape index (κ2) is 3.74.